The van der Waals surface area contributed by atoms with Gasteiger partial charge in [0.15, 0.2) is 0 Å². The third kappa shape index (κ3) is 2.11. The minimum atomic E-state index is 0.0616. The van der Waals surface area contributed by atoms with Crippen LogP contribution in [0.3, 0.4) is 0 Å². The zero-order valence-corrected chi connectivity index (χ0v) is 7.76. The lowest BCUT2D eigenvalue weighted by Crippen LogP contribution is -2.59. The molecule has 2 amide bonds. The highest BCUT2D eigenvalue weighted by Gasteiger charge is 2.20. The average Bonchev–Trinajstić information content (AvgIpc) is 1.99. The summed E-state index contributed by atoms with van der Waals surface area (Å²) >= 11 is 0. The molecule has 2 N–H and O–H groups in total. The molecule has 1 aliphatic heterocycles. The zero-order valence-electron chi connectivity index (χ0n) is 7.76. The molecule has 1 aliphatic rings. The van der Waals surface area contributed by atoms with Crippen molar-refractivity contribution in [1.29, 1.82) is 0 Å². The van der Waals surface area contributed by atoms with Crippen molar-refractivity contribution >= 4 is 6.03 Å². The van der Waals surface area contributed by atoms with Gasteiger partial charge in [0, 0.05) is 26.2 Å². The Morgan fingerprint density at radius 3 is 2.42 bits per heavy atom. The summed E-state index contributed by atoms with van der Waals surface area (Å²) in [6, 6.07) is 0.407. The number of hydrogen-bond acceptors (Lipinski definition) is 2. The molecular weight excluding hydrogens is 154 g/mol. The fourth-order valence-electron chi connectivity index (χ4n) is 1.17. The van der Waals surface area contributed by atoms with Crippen molar-refractivity contribution in [3.63, 3.8) is 0 Å². The van der Waals surface area contributed by atoms with Gasteiger partial charge in [-0.05, 0) is 13.8 Å². The fraction of sp³-hybridized carbons (Fsp3) is 0.875. The highest BCUT2D eigenvalue weighted by Crippen LogP contribution is 1.94. The Bertz CT molecular complexity index is 152. The molecule has 0 aliphatic carbocycles. The predicted octanol–water partition coefficient (Wildman–Crippen LogP) is 0.00960. The van der Waals surface area contributed by atoms with Gasteiger partial charge in [-0.15, -0.1) is 0 Å². The average molecular weight is 171 g/mol. The molecule has 0 aromatic heterocycles. The van der Waals surface area contributed by atoms with E-state index in [1.54, 1.807) is 4.90 Å². The number of urea groups is 1. The maximum Gasteiger partial charge on any atom is 0.317 e. The Morgan fingerprint density at radius 2 is 2.08 bits per heavy atom. The van der Waals surface area contributed by atoms with Gasteiger partial charge in [0.25, 0.3) is 0 Å². The summed E-state index contributed by atoms with van der Waals surface area (Å²) in [5, 5.41) is 6.05. The molecule has 1 fully saturated rings. The van der Waals surface area contributed by atoms with Crippen molar-refractivity contribution in [2.75, 3.05) is 26.2 Å². The monoisotopic (exact) mass is 171 g/mol. The van der Waals surface area contributed by atoms with Crippen molar-refractivity contribution in [2.45, 2.75) is 19.9 Å². The van der Waals surface area contributed by atoms with E-state index >= 15 is 0 Å². The smallest absolute Gasteiger partial charge is 0.317 e. The number of carbonyl (C=O) groups is 1. The quantitative estimate of drug-likeness (QED) is 0.628. The van der Waals surface area contributed by atoms with Crippen LogP contribution in [-0.2, 0) is 0 Å². The first-order valence-electron chi connectivity index (χ1n) is 4.54. The largest absolute Gasteiger partial charge is 0.333 e. The summed E-state index contributed by atoms with van der Waals surface area (Å²) in [7, 11) is 0. The van der Waals surface area contributed by atoms with E-state index in [0.717, 1.165) is 26.2 Å². The van der Waals surface area contributed by atoms with Gasteiger partial charge in [-0.3, -0.25) is 0 Å². The fourth-order valence-corrected chi connectivity index (χ4v) is 1.17. The van der Waals surface area contributed by atoms with Crippen LogP contribution in [0, 0.1) is 0 Å². The molecule has 1 rings (SSSR count). The minimum absolute atomic E-state index is 0.0616. The summed E-state index contributed by atoms with van der Waals surface area (Å²) in [6.07, 6.45) is 0. The lowest BCUT2D eigenvalue weighted by Gasteiger charge is -2.30. The molecular formula is C8H17N3O. The van der Waals surface area contributed by atoms with E-state index in [2.05, 4.69) is 10.6 Å². The minimum Gasteiger partial charge on any atom is -0.333 e. The number of nitrogens with zero attached hydrogens (tertiary/aromatic N) is 1. The maximum atomic E-state index is 11.4. The predicted molar refractivity (Wildman–Crippen MR) is 48.1 cm³/mol. The molecule has 1 saturated heterocycles. The van der Waals surface area contributed by atoms with Gasteiger partial charge < -0.3 is 15.5 Å². The SMILES string of the molecule is CCN(CC)C(=O)NC1CNC1. The van der Waals surface area contributed by atoms with E-state index in [0.29, 0.717) is 6.04 Å². The number of rotatable bonds is 3. The molecule has 70 valence electrons. The lowest BCUT2D eigenvalue weighted by atomic mass is 10.2. The van der Waals surface area contributed by atoms with Crippen LogP contribution < -0.4 is 10.6 Å². The van der Waals surface area contributed by atoms with E-state index < -0.39 is 0 Å². The number of carbonyl (C=O) groups excluding carboxylic acids is 1. The summed E-state index contributed by atoms with van der Waals surface area (Å²) in [4.78, 5) is 13.2. The lowest BCUT2D eigenvalue weighted by molar-refractivity contribution is 0.194. The van der Waals surface area contributed by atoms with E-state index in [-0.39, 0.29) is 6.03 Å². The van der Waals surface area contributed by atoms with Crippen LogP contribution >= 0.6 is 0 Å². The summed E-state index contributed by atoms with van der Waals surface area (Å²) in [5.41, 5.74) is 0. The van der Waals surface area contributed by atoms with Gasteiger partial charge in [-0.25, -0.2) is 4.79 Å². The molecule has 0 spiro atoms. The van der Waals surface area contributed by atoms with Gasteiger partial charge in [0.1, 0.15) is 0 Å². The highest BCUT2D eigenvalue weighted by atomic mass is 16.2. The first kappa shape index (κ1) is 9.32. The van der Waals surface area contributed by atoms with E-state index in [4.69, 9.17) is 0 Å². The molecule has 0 aromatic rings. The summed E-state index contributed by atoms with van der Waals surface area (Å²) < 4.78 is 0. The van der Waals surface area contributed by atoms with Crippen molar-refractivity contribution in [1.82, 2.24) is 15.5 Å². The van der Waals surface area contributed by atoms with Gasteiger partial charge in [-0.2, -0.15) is 0 Å². The maximum absolute atomic E-state index is 11.4. The third-order valence-corrected chi connectivity index (χ3v) is 2.16. The molecule has 4 heteroatoms. The first-order chi connectivity index (χ1) is 5.77. The number of nitrogens with one attached hydrogen (secondary N) is 2. The van der Waals surface area contributed by atoms with E-state index in [1.165, 1.54) is 0 Å². The molecule has 12 heavy (non-hydrogen) atoms. The van der Waals surface area contributed by atoms with Gasteiger partial charge in [0.2, 0.25) is 0 Å². The van der Waals surface area contributed by atoms with Crippen LogP contribution in [0.15, 0.2) is 0 Å². The molecule has 4 nitrogen and oxygen atoms in total. The summed E-state index contributed by atoms with van der Waals surface area (Å²) in [5.74, 6) is 0. The van der Waals surface area contributed by atoms with Crippen LogP contribution in [-0.4, -0.2) is 43.2 Å². The van der Waals surface area contributed by atoms with E-state index in [9.17, 15) is 4.79 Å². The van der Waals surface area contributed by atoms with Crippen LogP contribution in [0.2, 0.25) is 0 Å². The Kier molecular flexibility index (Phi) is 3.34. The molecule has 0 aromatic carbocycles. The summed E-state index contributed by atoms with van der Waals surface area (Å²) in [6.45, 7) is 7.36. The molecule has 0 atom stereocenters. The molecule has 0 unspecified atom stereocenters. The van der Waals surface area contributed by atoms with Crippen LogP contribution in [0.1, 0.15) is 13.8 Å². The zero-order chi connectivity index (χ0) is 8.97. The Balaban J connectivity index is 2.24. The second kappa shape index (κ2) is 4.30. The van der Waals surface area contributed by atoms with Gasteiger partial charge >= 0.3 is 6.03 Å². The molecule has 0 saturated carbocycles. The van der Waals surface area contributed by atoms with Crippen molar-refractivity contribution < 1.29 is 4.79 Å². The third-order valence-electron chi connectivity index (χ3n) is 2.16. The number of hydrogen-bond donors (Lipinski definition) is 2. The molecule has 1 heterocycles. The van der Waals surface area contributed by atoms with Crippen molar-refractivity contribution in [2.24, 2.45) is 0 Å². The molecule has 0 radical (unpaired) electrons. The Hall–Kier alpha value is -0.770. The highest BCUT2D eigenvalue weighted by molar-refractivity contribution is 5.74. The van der Waals surface area contributed by atoms with Crippen LogP contribution in [0.25, 0.3) is 0 Å². The van der Waals surface area contributed by atoms with Crippen molar-refractivity contribution in [3.05, 3.63) is 0 Å². The van der Waals surface area contributed by atoms with Crippen molar-refractivity contribution in [3.8, 4) is 0 Å². The Morgan fingerprint density at radius 1 is 1.50 bits per heavy atom. The van der Waals surface area contributed by atoms with Crippen LogP contribution in [0.5, 0.6) is 0 Å². The topological polar surface area (TPSA) is 44.4 Å². The van der Waals surface area contributed by atoms with Gasteiger partial charge in [-0.1, -0.05) is 0 Å². The van der Waals surface area contributed by atoms with Gasteiger partial charge in [0.05, 0.1) is 6.04 Å². The normalized spacial score (nSPS) is 16.8. The van der Waals surface area contributed by atoms with E-state index in [1.807, 2.05) is 13.8 Å². The number of amides is 2. The first-order valence-corrected chi connectivity index (χ1v) is 4.54. The second-order valence-corrected chi connectivity index (χ2v) is 2.98. The second-order valence-electron chi connectivity index (χ2n) is 2.98. The van der Waals surface area contributed by atoms with Crippen LogP contribution in [0.4, 0.5) is 4.79 Å². The molecule has 0 bridgehead atoms. The standard InChI is InChI=1S/C8H17N3O/c1-3-11(4-2)8(12)10-7-5-9-6-7/h7,9H,3-6H2,1-2H3,(H,10,12). The Labute approximate surface area is 73.3 Å².